The van der Waals surface area contributed by atoms with E-state index in [2.05, 4.69) is 20.8 Å². The molecule has 6 nitrogen and oxygen atoms in total. The normalized spacial score (nSPS) is 12.4. The van der Waals surface area contributed by atoms with Crippen molar-refractivity contribution < 1.29 is 75.7 Å². The first-order valence-corrected chi connectivity index (χ1v) is 13.4. The third-order valence-corrected chi connectivity index (χ3v) is 5.74. The van der Waals surface area contributed by atoms with Crippen LogP contribution in [0.4, 0.5) is 0 Å². The van der Waals surface area contributed by atoms with Crippen LogP contribution in [0.3, 0.4) is 0 Å². The van der Waals surface area contributed by atoms with Crippen molar-refractivity contribution in [2.24, 2.45) is 32.5 Å². The zero-order chi connectivity index (χ0) is 32.6. The van der Waals surface area contributed by atoms with E-state index in [-0.39, 0.29) is 101 Å². The predicted molar refractivity (Wildman–Crippen MR) is 160 cm³/mol. The van der Waals surface area contributed by atoms with Gasteiger partial charge in [-0.2, -0.15) is 0 Å². The van der Waals surface area contributed by atoms with E-state index in [0.29, 0.717) is 0 Å². The molecule has 0 saturated heterocycles. The molecule has 0 bridgehead atoms. The molecule has 0 fully saturated rings. The Balaban J connectivity index is -0.000000240. The summed E-state index contributed by atoms with van der Waals surface area (Å²) in [5.41, 5.74) is -3.24. The zero-order valence-electron chi connectivity index (χ0n) is 28.0. The largest absolute Gasteiger partial charge is 3.00 e. The molecule has 0 spiro atoms. The van der Waals surface area contributed by atoms with E-state index < -0.39 is 32.5 Å². The predicted octanol–water partition coefficient (Wildman–Crippen LogP) is 7.26. The van der Waals surface area contributed by atoms with Crippen LogP contribution in [0.5, 0.6) is 0 Å². The van der Waals surface area contributed by atoms with Crippen molar-refractivity contribution in [2.45, 2.75) is 123 Å². The molecule has 0 unspecified atom stereocenters. The molecule has 0 saturated carbocycles. The summed E-state index contributed by atoms with van der Waals surface area (Å²) in [5.74, 6) is -0.329. The Morgan fingerprint density at radius 1 is 0.350 bits per heavy atom. The fourth-order valence-electron chi connectivity index (χ4n) is 1.95. The Hall–Kier alpha value is -0.461. The summed E-state index contributed by atoms with van der Waals surface area (Å²) in [6.07, 6.45) is -0.000000000000000666. The second-order valence-corrected chi connectivity index (χ2v) is 15.5. The minimum Gasteiger partial charge on any atom is -0.331 e. The topological polar surface area (TPSA) is 102 Å². The number of ketones is 6. The van der Waals surface area contributed by atoms with Crippen LogP contribution >= 0.6 is 0 Å². The van der Waals surface area contributed by atoms with Crippen molar-refractivity contribution in [2.75, 3.05) is 0 Å². The minimum atomic E-state index is -0.652. The van der Waals surface area contributed by atoms with E-state index in [1.807, 2.05) is 62.3 Å². The van der Waals surface area contributed by atoms with Crippen LogP contribution in [-0.4, -0.2) is 34.7 Å². The fraction of sp³-hybridized carbons (Fsp3) is 0.727. The van der Waals surface area contributed by atoms with Gasteiger partial charge >= 0.3 is 46.9 Å². The molecule has 0 aliphatic carbocycles. The molecule has 0 heterocycles. The van der Waals surface area contributed by atoms with Crippen LogP contribution in [-0.2, 0) is 28.8 Å². The number of carbonyl (C=O) groups excluding carboxylic acids is 6. The van der Waals surface area contributed by atoms with Crippen LogP contribution in [0.1, 0.15) is 123 Å². The molecule has 1 radical (unpaired) electrons. The summed E-state index contributed by atoms with van der Waals surface area (Å²) in [4.78, 5) is 68.7. The van der Waals surface area contributed by atoms with E-state index in [1.54, 1.807) is 41.5 Å². The standard InChI is InChI=1S/3C11H19O2.Yb/c3*1-10(2,3)8(12)7-9(13)11(4,5)6;/h3*1,7H2,2-6H3;/q3*-1;+3. The summed E-state index contributed by atoms with van der Waals surface area (Å²) in [5, 5.41) is 0. The van der Waals surface area contributed by atoms with Gasteiger partial charge in [0.2, 0.25) is 0 Å². The smallest absolute Gasteiger partial charge is 0.331 e. The molecule has 0 rings (SSSR count). The van der Waals surface area contributed by atoms with Crippen molar-refractivity contribution in [3.8, 4) is 0 Å². The van der Waals surface area contributed by atoms with E-state index in [9.17, 15) is 28.8 Å². The first-order chi connectivity index (χ1) is 16.6. The Morgan fingerprint density at radius 2 is 0.475 bits per heavy atom. The molecule has 0 aliphatic rings. The van der Waals surface area contributed by atoms with Crippen LogP contribution in [0, 0.1) is 100 Å². The Morgan fingerprint density at radius 3 is 0.550 bits per heavy atom. The Labute approximate surface area is 284 Å². The second-order valence-electron chi connectivity index (χ2n) is 15.5. The Kier molecular flexibility index (Phi) is 19.7. The van der Waals surface area contributed by atoms with Crippen LogP contribution < -0.4 is 0 Å². The van der Waals surface area contributed by atoms with Gasteiger partial charge in [0.15, 0.2) is 0 Å². The molecule has 0 amide bonds. The molecule has 0 N–H and O–H groups in total. The average Bonchev–Trinajstić information content (AvgIpc) is 2.64. The van der Waals surface area contributed by atoms with Gasteiger partial charge in [-0.05, 0) is 0 Å². The van der Waals surface area contributed by atoms with Crippen LogP contribution in [0.2, 0.25) is 0 Å². The first-order valence-electron chi connectivity index (χ1n) is 13.4. The third-order valence-electron chi connectivity index (χ3n) is 5.74. The van der Waals surface area contributed by atoms with Gasteiger partial charge in [-0.25, -0.2) is 0 Å². The van der Waals surface area contributed by atoms with E-state index in [1.165, 1.54) is 0 Å². The monoisotopic (exact) mass is 723 g/mol. The number of Topliss-reactive ketones (excluding diaryl/α,β-unsaturated/α-hetero) is 6. The maximum Gasteiger partial charge on any atom is 3.00 e. The number of hydrogen-bond acceptors (Lipinski definition) is 6. The van der Waals surface area contributed by atoms with Crippen molar-refractivity contribution in [1.82, 2.24) is 0 Å². The molecule has 7 heteroatoms. The number of rotatable bonds is 9. The van der Waals surface area contributed by atoms with Crippen LogP contribution in [0.25, 0.3) is 0 Å². The molecular formula is C33H57O6Yb. The molecule has 0 aliphatic heterocycles. The molecular weight excluding hydrogens is 665 g/mol. The van der Waals surface area contributed by atoms with Gasteiger partial charge in [0, 0.05) is 16.2 Å². The van der Waals surface area contributed by atoms with Gasteiger partial charge in [-0.15, -0.1) is 16.2 Å². The van der Waals surface area contributed by atoms with Crippen molar-refractivity contribution in [1.29, 1.82) is 0 Å². The van der Waals surface area contributed by atoms with E-state index >= 15 is 0 Å². The average molecular weight is 723 g/mol. The van der Waals surface area contributed by atoms with Crippen molar-refractivity contribution in [3.05, 3.63) is 20.8 Å². The fourth-order valence-corrected chi connectivity index (χ4v) is 1.95. The van der Waals surface area contributed by atoms with Gasteiger partial charge in [-0.1, -0.05) is 104 Å². The third kappa shape index (κ3) is 22.2. The summed E-state index contributed by atoms with van der Waals surface area (Å²) in [6, 6.07) is 0. The van der Waals surface area contributed by atoms with E-state index in [0.717, 1.165) is 0 Å². The van der Waals surface area contributed by atoms with Crippen LogP contribution in [0.15, 0.2) is 0 Å². The molecule has 0 aromatic carbocycles. The summed E-state index contributed by atoms with van der Waals surface area (Å²) >= 11 is 0. The molecule has 0 aromatic heterocycles. The first kappa shape index (κ1) is 46.5. The second kappa shape index (κ2) is 17.0. The summed E-state index contributed by atoms with van der Waals surface area (Å²) in [7, 11) is 0. The van der Waals surface area contributed by atoms with E-state index in [4.69, 9.17) is 0 Å². The van der Waals surface area contributed by atoms with Crippen molar-refractivity contribution >= 4 is 34.7 Å². The van der Waals surface area contributed by atoms with Gasteiger partial charge in [0.1, 0.15) is 34.7 Å². The number of carbonyl (C=O) groups is 6. The summed E-state index contributed by atoms with van der Waals surface area (Å²) < 4.78 is 0. The zero-order valence-corrected chi connectivity index (χ0v) is 29.7. The van der Waals surface area contributed by atoms with Gasteiger partial charge in [-0.3, -0.25) is 14.4 Å². The molecule has 0 aromatic rings. The van der Waals surface area contributed by atoms with Gasteiger partial charge in [0.25, 0.3) is 0 Å². The molecule has 40 heavy (non-hydrogen) atoms. The maximum atomic E-state index is 11.5. The van der Waals surface area contributed by atoms with Crippen molar-refractivity contribution in [3.63, 3.8) is 0 Å². The summed E-state index contributed by atoms with van der Waals surface area (Å²) in [6.45, 7) is 37.8. The van der Waals surface area contributed by atoms with Gasteiger partial charge < -0.3 is 35.2 Å². The minimum absolute atomic E-state index is 0. The Bertz CT molecular complexity index is 693. The molecule has 239 valence electrons. The maximum absolute atomic E-state index is 11.5. The van der Waals surface area contributed by atoms with Gasteiger partial charge in [0.05, 0.1) is 19.3 Å². The SMILES string of the molecule is [CH2-]C(C)(C)C(=O)CC(=O)C(C)(C)C.[CH2-]C(C)(C)C(=O)CC(=O)C(C)(C)C.[CH2-]C(C)(C)C(=O)CC(=O)C(C)(C)C.[Yb+3]. The quantitative estimate of drug-likeness (QED) is 0.183. The molecule has 0 atom stereocenters. The number of hydrogen-bond donors (Lipinski definition) is 0.